The number of carbonyl (C=O) groups excluding carboxylic acids is 2. The van der Waals surface area contributed by atoms with Gasteiger partial charge in [-0.15, -0.1) is 0 Å². The molecular weight excluding hydrogens is 196 g/mol. The van der Waals surface area contributed by atoms with Gasteiger partial charge in [0.2, 0.25) is 0 Å². The standard InChI is InChI=1S/C10H12N2O3/c1-12(2)10(15)7-5-3-4-6(8(7)13)9(11)14/h3-5,13H,1-2H3,(H2,11,14). The molecule has 1 aromatic rings. The number of carbonyl (C=O) groups is 2. The third-order valence-electron chi connectivity index (χ3n) is 1.94. The molecule has 0 saturated carbocycles. The van der Waals surface area contributed by atoms with Gasteiger partial charge in [0.05, 0.1) is 11.1 Å². The summed E-state index contributed by atoms with van der Waals surface area (Å²) in [7, 11) is 3.11. The molecule has 0 unspecified atom stereocenters. The molecule has 3 N–H and O–H groups in total. The van der Waals surface area contributed by atoms with Gasteiger partial charge in [0.15, 0.2) is 0 Å². The summed E-state index contributed by atoms with van der Waals surface area (Å²) in [5, 5.41) is 9.63. The molecule has 0 aliphatic heterocycles. The maximum atomic E-state index is 11.6. The first-order valence-electron chi connectivity index (χ1n) is 4.28. The highest BCUT2D eigenvalue weighted by atomic mass is 16.3. The second kappa shape index (κ2) is 4.00. The van der Waals surface area contributed by atoms with E-state index in [2.05, 4.69) is 0 Å². The van der Waals surface area contributed by atoms with Crippen LogP contribution >= 0.6 is 0 Å². The van der Waals surface area contributed by atoms with Gasteiger partial charge in [0.25, 0.3) is 11.8 Å². The van der Waals surface area contributed by atoms with Gasteiger partial charge in [-0.3, -0.25) is 9.59 Å². The second-order valence-electron chi connectivity index (χ2n) is 3.27. The molecule has 0 aliphatic rings. The number of amides is 2. The number of hydrogen-bond acceptors (Lipinski definition) is 3. The summed E-state index contributed by atoms with van der Waals surface area (Å²) < 4.78 is 0. The zero-order valence-corrected chi connectivity index (χ0v) is 8.52. The number of rotatable bonds is 2. The lowest BCUT2D eigenvalue weighted by Gasteiger charge is -2.12. The van der Waals surface area contributed by atoms with Crippen LogP contribution in [0, 0.1) is 0 Å². The maximum absolute atomic E-state index is 11.6. The fourth-order valence-corrected chi connectivity index (χ4v) is 1.16. The Balaban J connectivity index is 3.27. The molecule has 0 radical (unpaired) electrons. The first kappa shape index (κ1) is 11.0. The number of nitrogens with two attached hydrogens (primary N) is 1. The average Bonchev–Trinajstić information content (AvgIpc) is 2.16. The number of benzene rings is 1. The summed E-state index contributed by atoms with van der Waals surface area (Å²) >= 11 is 0. The number of primary amides is 1. The Bertz CT molecular complexity index is 413. The van der Waals surface area contributed by atoms with Crippen molar-refractivity contribution in [1.29, 1.82) is 0 Å². The van der Waals surface area contributed by atoms with Crippen molar-refractivity contribution in [2.45, 2.75) is 0 Å². The van der Waals surface area contributed by atoms with E-state index in [1.807, 2.05) is 0 Å². The predicted molar refractivity (Wildman–Crippen MR) is 54.6 cm³/mol. The Hall–Kier alpha value is -2.04. The van der Waals surface area contributed by atoms with E-state index < -0.39 is 5.91 Å². The number of phenols is 1. The van der Waals surface area contributed by atoms with Gasteiger partial charge < -0.3 is 15.7 Å². The summed E-state index contributed by atoms with van der Waals surface area (Å²) in [4.78, 5) is 23.8. The number of para-hydroxylation sites is 1. The van der Waals surface area contributed by atoms with Gasteiger partial charge >= 0.3 is 0 Å². The Labute approximate surface area is 87.1 Å². The maximum Gasteiger partial charge on any atom is 0.257 e. The molecule has 80 valence electrons. The van der Waals surface area contributed by atoms with Crippen LogP contribution in [0.4, 0.5) is 0 Å². The van der Waals surface area contributed by atoms with Crippen molar-refractivity contribution in [2.24, 2.45) is 5.73 Å². The zero-order chi connectivity index (χ0) is 11.6. The molecule has 2 amide bonds. The molecule has 0 aromatic heterocycles. The van der Waals surface area contributed by atoms with E-state index in [1.165, 1.54) is 23.1 Å². The molecule has 5 nitrogen and oxygen atoms in total. The fraction of sp³-hybridized carbons (Fsp3) is 0.200. The van der Waals surface area contributed by atoms with Crippen molar-refractivity contribution in [3.8, 4) is 5.75 Å². The van der Waals surface area contributed by atoms with Crippen molar-refractivity contribution in [2.75, 3.05) is 14.1 Å². The lowest BCUT2D eigenvalue weighted by Crippen LogP contribution is -2.22. The van der Waals surface area contributed by atoms with Crippen LogP contribution in [0.5, 0.6) is 5.75 Å². The van der Waals surface area contributed by atoms with Crippen molar-refractivity contribution < 1.29 is 14.7 Å². The summed E-state index contributed by atoms with van der Waals surface area (Å²) in [6, 6.07) is 4.30. The SMILES string of the molecule is CN(C)C(=O)c1cccc(C(N)=O)c1O. The van der Waals surface area contributed by atoms with Crippen LogP contribution in [-0.4, -0.2) is 35.9 Å². The van der Waals surface area contributed by atoms with E-state index in [1.54, 1.807) is 14.1 Å². The molecule has 1 rings (SSSR count). The van der Waals surface area contributed by atoms with Gasteiger partial charge in [0.1, 0.15) is 5.75 Å². The summed E-state index contributed by atoms with van der Waals surface area (Å²) in [6.45, 7) is 0. The summed E-state index contributed by atoms with van der Waals surface area (Å²) in [6.07, 6.45) is 0. The summed E-state index contributed by atoms with van der Waals surface area (Å²) in [5.74, 6) is -1.51. The molecule has 0 fully saturated rings. The van der Waals surface area contributed by atoms with E-state index in [0.717, 1.165) is 0 Å². The lowest BCUT2D eigenvalue weighted by atomic mass is 10.1. The van der Waals surface area contributed by atoms with Crippen LogP contribution in [-0.2, 0) is 0 Å². The molecule has 0 aliphatic carbocycles. The van der Waals surface area contributed by atoms with Crippen molar-refractivity contribution in [3.05, 3.63) is 29.3 Å². The highest BCUT2D eigenvalue weighted by molar-refractivity contribution is 6.03. The number of nitrogens with zero attached hydrogens (tertiary/aromatic N) is 1. The van der Waals surface area contributed by atoms with E-state index >= 15 is 0 Å². The van der Waals surface area contributed by atoms with Crippen LogP contribution in [0.2, 0.25) is 0 Å². The monoisotopic (exact) mass is 208 g/mol. The first-order chi connectivity index (χ1) is 6.95. The van der Waals surface area contributed by atoms with Crippen molar-refractivity contribution >= 4 is 11.8 Å². The van der Waals surface area contributed by atoms with E-state index in [0.29, 0.717) is 0 Å². The molecule has 0 spiro atoms. The Morgan fingerprint density at radius 1 is 1.27 bits per heavy atom. The molecule has 0 heterocycles. The highest BCUT2D eigenvalue weighted by Crippen LogP contribution is 2.22. The predicted octanol–water partition coefficient (Wildman–Crippen LogP) is 0.193. The normalized spacial score (nSPS) is 9.73. The Morgan fingerprint density at radius 3 is 2.27 bits per heavy atom. The number of hydrogen-bond donors (Lipinski definition) is 2. The van der Waals surface area contributed by atoms with Gasteiger partial charge in [0, 0.05) is 14.1 Å². The molecule has 1 aromatic carbocycles. The van der Waals surface area contributed by atoms with Gasteiger partial charge in [-0.1, -0.05) is 6.07 Å². The average molecular weight is 208 g/mol. The molecular formula is C10H12N2O3. The van der Waals surface area contributed by atoms with E-state index in [-0.39, 0.29) is 22.8 Å². The van der Waals surface area contributed by atoms with Crippen LogP contribution in [0.15, 0.2) is 18.2 Å². The zero-order valence-electron chi connectivity index (χ0n) is 8.52. The second-order valence-corrected chi connectivity index (χ2v) is 3.27. The van der Waals surface area contributed by atoms with E-state index in [9.17, 15) is 14.7 Å². The largest absolute Gasteiger partial charge is 0.506 e. The number of aromatic hydroxyl groups is 1. The Kier molecular flexibility index (Phi) is 2.94. The summed E-state index contributed by atoms with van der Waals surface area (Å²) in [5.41, 5.74) is 5.05. The van der Waals surface area contributed by atoms with E-state index in [4.69, 9.17) is 5.73 Å². The fourth-order valence-electron chi connectivity index (χ4n) is 1.16. The smallest absolute Gasteiger partial charge is 0.257 e. The topological polar surface area (TPSA) is 83.6 Å². The first-order valence-corrected chi connectivity index (χ1v) is 4.28. The minimum atomic E-state index is -0.763. The third-order valence-corrected chi connectivity index (χ3v) is 1.94. The van der Waals surface area contributed by atoms with Gasteiger partial charge in [-0.05, 0) is 12.1 Å². The minimum Gasteiger partial charge on any atom is -0.506 e. The van der Waals surface area contributed by atoms with Crippen LogP contribution < -0.4 is 5.73 Å². The third kappa shape index (κ3) is 2.07. The van der Waals surface area contributed by atoms with Crippen LogP contribution in [0.3, 0.4) is 0 Å². The quantitative estimate of drug-likeness (QED) is 0.727. The molecule has 0 bridgehead atoms. The van der Waals surface area contributed by atoms with Gasteiger partial charge in [-0.25, -0.2) is 0 Å². The van der Waals surface area contributed by atoms with Crippen molar-refractivity contribution in [3.63, 3.8) is 0 Å². The minimum absolute atomic E-state index is 0.0531. The Morgan fingerprint density at radius 2 is 1.80 bits per heavy atom. The molecule has 0 saturated heterocycles. The molecule has 15 heavy (non-hydrogen) atoms. The van der Waals surface area contributed by atoms with Crippen LogP contribution in [0.1, 0.15) is 20.7 Å². The van der Waals surface area contributed by atoms with Crippen LogP contribution in [0.25, 0.3) is 0 Å². The molecule has 5 heteroatoms. The molecule has 0 atom stereocenters. The highest BCUT2D eigenvalue weighted by Gasteiger charge is 2.17. The van der Waals surface area contributed by atoms with Gasteiger partial charge in [-0.2, -0.15) is 0 Å². The lowest BCUT2D eigenvalue weighted by molar-refractivity contribution is 0.0824. The van der Waals surface area contributed by atoms with Crippen molar-refractivity contribution in [1.82, 2.24) is 4.90 Å².